The fourth-order valence-corrected chi connectivity index (χ4v) is 5.36. The summed E-state index contributed by atoms with van der Waals surface area (Å²) in [7, 11) is 0. The molecule has 12 nitrogen and oxygen atoms in total. The number of nitrogens with one attached hydrogen (secondary N) is 2. The molecule has 4 aromatic rings. The van der Waals surface area contributed by atoms with Crippen molar-refractivity contribution in [2.45, 2.75) is 55.4 Å². The first-order valence-electron chi connectivity index (χ1n) is 18.2. The Kier molecular flexibility index (Phi) is 27.0. The van der Waals surface area contributed by atoms with Gasteiger partial charge in [-0.3, -0.25) is 39.6 Å². The maximum atomic E-state index is 12.0. The van der Waals surface area contributed by atoms with Crippen LogP contribution in [0, 0.1) is 10.8 Å². The molecule has 2 aliphatic carbocycles. The van der Waals surface area contributed by atoms with E-state index < -0.39 is 0 Å². The van der Waals surface area contributed by atoms with Crippen molar-refractivity contribution in [1.29, 1.82) is 10.8 Å². The Labute approximate surface area is 387 Å². The Bertz CT molecular complexity index is 2060. The van der Waals surface area contributed by atoms with Crippen LogP contribution in [0.15, 0.2) is 144 Å². The van der Waals surface area contributed by atoms with Crippen LogP contribution in [0.2, 0.25) is 0 Å². The maximum Gasteiger partial charge on any atom is 2.00 e. The number of carbonyl (C=O) groups excluding carboxylic acids is 6. The quantitative estimate of drug-likeness (QED) is 0.154. The van der Waals surface area contributed by atoms with Gasteiger partial charge in [-0.1, -0.05) is 125 Å². The van der Waals surface area contributed by atoms with Gasteiger partial charge in [-0.2, -0.15) is 0 Å². The second-order valence-electron chi connectivity index (χ2n) is 13.1. The first-order valence-corrected chi connectivity index (χ1v) is 18.2. The molecule has 0 aromatic heterocycles. The van der Waals surface area contributed by atoms with Crippen LogP contribution in [0.25, 0.3) is 22.3 Å². The van der Waals surface area contributed by atoms with Crippen molar-refractivity contribution in [2.75, 3.05) is 0 Å². The predicted molar refractivity (Wildman–Crippen MR) is 224 cm³/mol. The summed E-state index contributed by atoms with van der Waals surface area (Å²) in [5.74, 6) is -1.87. The number of carbonyl (C=O) groups is 6. The van der Waals surface area contributed by atoms with E-state index in [0.29, 0.717) is 11.1 Å². The largest absolute Gasteiger partial charge is 2.00 e. The third kappa shape index (κ3) is 20.3. The molecule has 0 atom stereocenters. The molecule has 0 aliphatic heterocycles. The van der Waals surface area contributed by atoms with E-state index in [4.69, 9.17) is 10.8 Å². The van der Waals surface area contributed by atoms with E-state index in [1.54, 1.807) is 12.1 Å². The maximum absolute atomic E-state index is 12.0. The van der Waals surface area contributed by atoms with Gasteiger partial charge in [-0.05, 0) is 74.3 Å². The number of rotatable bonds is 4. The Morgan fingerprint density at radius 3 is 0.677 bits per heavy atom. The molecule has 0 bridgehead atoms. The summed E-state index contributed by atoms with van der Waals surface area (Å²) in [6.07, 6.45) is 4.22. The van der Waals surface area contributed by atoms with Gasteiger partial charge in [0.05, 0.1) is 0 Å². The van der Waals surface area contributed by atoms with E-state index in [-0.39, 0.29) is 108 Å². The van der Waals surface area contributed by atoms with Gasteiger partial charge in [-0.25, -0.2) is 0 Å². The smallest absolute Gasteiger partial charge is 0.876 e. The number of hydrogen-bond donors (Lipinski definition) is 2. The van der Waals surface area contributed by atoms with Gasteiger partial charge in [0, 0.05) is 22.3 Å². The molecule has 0 radical (unpaired) electrons. The monoisotopic (exact) mass is 1010 g/mol. The molecule has 0 amide bonds. The number of hydrogen-bond acceptors (Lipinski definition) is 12. The third-order valence-corrected chi connectivity index (χ3v) is 7.40. The van der Waals surface area contributed by atoms with E-state index in [0.717, 1.165) is 57.7 Å². The molecule has 324 valence electrons. The summed E-state index contributed by atoms with van der Waals surface area (Å²) in [5, 5.41) is 55.6. The fourth-order valence-electron chi connectivity index (χ4n) is 5.36. The second-order valence-corrected chi connectivity index (χ2v) is 13.1. The van der Waals surface area contributed by atoms with Gasteiger partial charge < -0.3 is 20.4 Å². The van der Waals surface area contributed by atoms with E-state index in [2.05, 4.69) is 0 Å². The number of ketones is 6. The van der Waals surface area contributed by atoms with Crippen LogP contribution >= 0.6 is 0 Å². The fraction of sp³-hybridized carbons (Fsp3) is 0.167. The minimum Gasteiger partial charge on any atom is -0.876 e. The minimum atomic E-state index is -0.187. The number of Topliss-reactive ketones (excluding diaryl/α,β-unsaturated/α-hetero) is 2. The summed E-state index contributed by atoms with van der Waals surface area (Å²) in [6, 6.07) is 30.0. The van der Waals surface area contributed by atoms with Crippen LogP contribution in [0.3, 0.4) is 0 Å². The molecule has 0 unspecified atom stereocenters. The van der Waals surface area contributed by atoms with Crippen LogP contribution < -0.4 is 20.4 Å². The molecule has 6 rings (SSSR count). The van der Waals surface area contributed by atoms with Crippen LogP contribution in [0.4, 0.5) is 0 Å². The van der Waals surface area contributed by atoms with Crippen molar-refractivity contribution in [1.82, 2.24) is 0 Å². The molecule has 2 aliphatic rings. The van der Waals surface area contributed by atoms with Crippen molar-refractivity contribution < 1.29 is 88.1 Å². The van der Waals surface area contributed by atoms with Crippen molar-refractivity contribution in [2.24, 2.45) is 0 Å². The zero-order valence-corrected chi connectivity index (χ0v) is 38.8. The topological polar surface area (TPSA) is 242 Å². The Balaban J connectivity index is 0. The van der Waals surface area contributed by atoms with Crippen molar-refractivity contribution >= 4 is 46.1 Å². The molecule has 0 heterocycles. The molecular formula is C48H46N2O10Ru2. The standard InChI is InChI=1S/2C14H9NO.4C5H8O2.2Ru/c2*15-13-11-7-3-1-5-9(11)10-6-2-4-8-12(10)14(13)16;4*1-4(6)3-5(2)7;;/h2*1-8,15H;4*3,6H,1-2H3;;/q;;;;;;2*+2/p-4/b;;4*4-3-;;. The average molecular weight is 1010 g/mol. The number of fused-ring (bicyclic) bond motifs is 6. The van der Waals surface area contributed by atoms with E-state index >= 15 is 0 Å². The van der Waals surface area contributed by atoms with Gasteiger partial charge >= 0.3 is 39.0 Å². The number of allylic oxidation sites excluding steroid dienone is 8. The van der Waals surface area contributed by atoms with Gasteiger partial charge in [0.1, 0.15) is 11.4 Å². The third-order valence-electron chi connectivity index (χ3n) is 7.40. The van der Waals surface area contributed by atoms with E-state index in [1.807, 2.05) is 84.9 Å². The Morgan fingerprint density at radius 2 is 0.516 bits per heavy atom. The molecule has 2 N–H and O–H groups in total. The number of benzene rings is 4. The van der Waals surface area contributed by atoms with Crippen LogP contribution in [-0.2, 0) is 58.1 Å². The first kappa shape index (κ1) is 57.7. The van der Waals surface area contributed by atoms with Gasteiger partial charge in [0.2, 0.25) is 11.6 Å². The molecule has 14 heteroatoms. The van der Waals surface area contributed by atoms with E-state index in [1.165, 1.54) is 55.4 Å². The molecule has 0 saturated heterocycles. The van der Waals surface area contributed by atoms with Crippen molar-refractivity contribution in [3.8, 4) is 22.3 Å². The van der Waals surface area contributed by atoms with Crippen LogP contribution in [0.5, 0.6) is 0 Å². The first-order chi connectivity index (χ1) is 28.1. The zero-order valence-electron chi connectivity index (χ0n) is 35.3. The molecule has 0 spiro atoms. The summed E-state index contributed by atoms with van der Waals surface area (Å²) in [6.45, 7) is 10.8. The summed E-state index contributed by atoms with van der Waals surface area (Å²) in [5.41, 5.74) is 6.71. The predicted octanol–water partition coefficient (Wildman–Crippen LogP) is 5.19. The zero-order chi connectivity index (χ0) is 45.7. The molecule has 62 heavy (non-hydrogen) atoms. The Morgan fingerprint density at radius 1 is 0.355 bits per heavy atom. The minimum absolute atomic E-state index is 0. The van der Waals surface area contributed by atoms with Gasteiger partial charge in [0.15, 0.2) is 23.1 Å². The van der Waals surface area contributed by atoms with Crippen LogP contribution in [-0.4, -0.2) is 46.1 Å². The van der Waals surface area contributed by atoms with Crippen LogP contribution in [0.1, 0.15) is 87.2 Å². The van der Waals surface area contributed by atoms with Gasteiger partial charge in [0.25, 0.3) is 0 Å². The SMILES string of the molecule is CC(=O)/C=C(/C)[O-].CC(=O)/C=C(/C)[O-].CC(=O)/C=C(/C)[O-].CC(=O)/C=C(/C)[O-].N=C1C(=O)c2ccccc2-c2ccccc21.N=C1C(=O)c2ccccc2-c2ccccc21.[Ru+2].[Ru+2]. The normalized spacial score (nSPS) is 12.0. The molecular weight excluding hydrogens is 967 g/mol. The summed E-state index contributed by atoms with van der Waals surface area (Å²) >= 11 is 0. The summed E-state index contributed by atoms with van der Waals surface area (Å²) in [4.78, 5) is 63.8. The van der Waals surface area contributed by atoms with Crippen molar-refractivity contribution in [3.05, 3.63) is 167 Å². The molecule has 0 saturated carbocycles. The van der Waals surface area contributed by atoms with Crippen molar-refractivity contribution in [3.63, 3.8) is 0 Å². The van der Waals surface area contributed by atoms with E-state index in [9.17, 15) is 49.2 Å². The molecule has 0 fully saturated rings. The van der Waals surface area contributed by atoms with Gasteiger partial charge in [-0.15, -0.1) is 23.0 Å². The second kappa shape index (κ2) is 29.0. The Hall–Kier alpha value is -6.35. The molecule has 4 aromatic carbocycles. The summed E-state index contributed by atoms with van der Waals surface area (Å²) < 4.78 is 0. The average Bonchev–Trinajstić information content (AvgIpc) is 3.15.